The van der Waals surface area contributed by atoms with Crippen molar-refractivity contribution in [2.45, 2.75) is 30.4 Å². The second-order valence-electron chi connectivity index (χ2n) is 4.89. The Hall–Kier alpha value is -1.23. The molecule has 18 heavy (non-hydrogen) atoms. The number of pyridine rings is 1. The normalized spacial score (nSPS) is 18.3. The second-order valence-corrected chi connectivity index (χ2v) is 6.16. The third-order valence-corrected chi connectivity index (χ3v) is 5.18. The average molecular weight is 262 g/mol. The lowest BCUT2D eigenvalue weighted by atomic mass is 10.1. The Balaban J connectivity index is 1.72. The Bertz CT molecular complexity index is 498. The summed E-state index contributed by atoms with van der Waals surface area (Å²) in [6.45, 7) is 0.963. The Morgan fingerprint density at radius 2 is 2.22 bits per heavy atom. The molecule has 2 aromatic heterocycles. The van der Waals surface area contributed by atoms with Gasteiger partial charge in [-0.15, -0.1) is 5.10 Å². The Morgan fingerprint density at radius 1 is 1.39 bits per heavy atom. The summed E-state index contributed by atoms with van der Waals surface area (Å²) in [6, 6.07) is 5.91. The van der Waals surface area contributed by atoms with Crippen molar-refractivity contribution in [1.29, 1.82) is 0 Å². The molecule has 4 nitrogen and oxygen atoms in total. The minimum absolute atomic E-state index is 0.386. The summed E-state index contributed by atoms with van der Waals surface area (Å²) in [4.78, 5) is 4.47. The molecule has 3 rings (SSSR count). The van der Waals surface area contributed by atoms with Crippen molar-refractivity contribution < 1.29 is 0 Å². The predicted octanol–water partition coefficient (Wildman–Crippen LogP) is 2.82. The highest BCUT2D eigenvalue weighted by Gasteiger charge is 2.32. The van der Waals surface area contributed by atoms with Crippen LogP contribution in [0.15, 0.2) is 24.4 Å². The molecular weight excluding hydrogens is 244 g/mol. The molecule has 0 unspecified atom stereocenters. The summed E-state index contributed by atoms with van der Waals surface area (Å²) in [5.74, 6) is 0.738. The van der Waals surface area contributed by atoms with Gasteiger partial charge in [-0.1, -0.05) is 18.9 Å². The fourth-order valence-electron chi connectivity index (χ4n) is 2.62. The molecule has 0 spiro atoms. The first-order chi connectivity index (χ1) is 8.81. The molecule has 2 heterocycles. The maximum Gasteiger partial charge on any atom is 0.243 e. The molecule has 1 fully saturated rings. The van der Waals surface area contributed by atoms with Crippen LogP contribution in [0.25, 0.3) is 5.65 Å². The maximum atomic E-state index is 4.47. The summed E-state index contributed by atoms with van der Waals surface area (Å²) in [5.41, 5.74) is 0.893. The van der Waals surface area contributed by atoms with E-state index in [4.69, 9.17) is 0 Å². The van der Waals surface area contributed by atoms with E-state index in [-0.39, 0.29) is 0 Å². The van der Waals surface area contributed by atoms with Gasteiger partial charge >= 0.3 is 0 Å². The van der Waals surface area contributed by atoms with Gasteiger partial charge in [-0.2, -0.15) is 16.7 Å². The minimum atomic E-state index is 0.386. The SMILES string of the molecule is CSC1(CNc2nc3ccccn3n2)CCCC1. The number of hydrogen-bond donors (Lipinski definition) is 1. The first-order valence-electron chi connectivity index (χ1n) is 6.42. The number of rotatable bonds is 4. The molecule has 0 aromatic carbocycles. The zero-order valence-electron chi connectivity index (χ0n) is 10.6. The number of aromatic nitrogens is 3. The first-order valence-corrected chi connectivity index (χ1v) is 7.64. The van der Waals surface area contributed by atoms with Crippen LogP contribution in [-0.2, 0) is 0 Å². The standard InChI is InChI=1S/C13H18N4S/c1-18-13(7-3-4-8-13)10-14-12-15-11-6-2-5-9-17(11)16-12/h2,5-6,9H,3-4,7-8,10H2,1H3,(H,14,16). The van der Waals surface area contributed by atoms with E-state index in [2.05, 4.69) is 21.7 Å². The minimum Gasteiger partial charge on any atom is -0.352 e. The van der Waals surface area contributed by atoms with Crippen molar-refractivity contribution in [3.05, 3.63) is 24.4 Å². The fraction of sp³-hybridized carbons (Fsp3) is 0.538. The third kappa shape index (κ3) is 2.19. The molecule has 1 N–H and O–H groups in total. The van der Waals surface area contributed by atoms with E-state index in [0.717, 1.165) is 18.1 Å². The number of fused-ring (bicyclic) bond motifs is 1. The number of nitrogens with one attached hydrogen (secondary N) is 1. The van der Waals surface area contributed by atoms with Gasteiger partial charge in [-0.3, -0.25) is 0 Å². The van der Waals surface area contributed by atoms with Crippen molar-refractivity contribution in [3.8, 4) is 0 Å². The molecule has 1 aliphatic carbocycles. The van der Waals surface area contributed by atoms with Gasteiger partial charge in [-0.05, 0) is 31.2 Å². The molecule has 0 saturated heterocycles. The monoisotopic (exact) mass is 262 g/mol. The topological polar surface area (TPSA) is 42.2 Å². The highest BCUT2D eigenvalue weighted by atomic mass is 32.2. The zero-order valence-corrected chi connectivity index (χ0v) is 11.4. The van der Waals surface area contributed by atoms with Crippen LogP contribution in [0.4, 0.5) is 5.95 Å². The van der Waals surface area contributed by atoms with E-state index in [1.807, 2.05) is 40.7 Å². The molecule has 1 saturated carbocycles. The molecule has 0 bridgehead atoms. The molecule has 0 amide bonds. The van der Waals surface area contributed by atoms with Crippen LogP contribution in [0.5, 0.6) is 0 Å². The van der Waals surface area contributed by atoms with E-state index in [9.17, 15) is 0 Å². The molecule has 0 radical (unpaired) electrons. The van der Waals surface area contributed by atoms with Crippen molar-refractivity contribution >= 4 is 23.4 Å². The zero-order chi connectivity index (χ0) is 12.4. The van der Waals surface area contributed by atoms with Crippen molar-refractivity contribution in [2.75, 3.05) is 18.1 Å². The van der Waals surface area contributed by atoms with Crippen molar-refractivity contribution in [3.63, 3.8) is 0 Å². The first kappa shape index (κ1) is 11.8. The van der Waals surface area contributed by atoms with E-state index in [1.165, 1.54) is 25.7 Å². The average Bonchev–Trinajstić information content (AvgIpc) is 3.03. The summed E-state index contributed by atoms with van der Waals surface area (Å²) in [6.07, 6.45) is 9.43. The maximum absolute atomic E-state index is 4.47. The third-order valence-electron chi connectivity index (χ3n) is 3.76. The highest BCUT2D eigenvalue weighted by Crippen LogP contribution is 2.40. The highest BCUT2D eigenvalue weighted by molar-refractivity contribution is 8.00. The van der Waals surface area contributed by atoms with Gasteiger partial charge in [0.05, 0.1) is 0 Å². The van der Waals surface area contributed by atoms with Crippen LogP contribution in [0.3, 0.4) is 0 Å². The largest absolute Gasteiger partial charge is 0.352 e. The van der Waals surface area contributed by atoms with E-state index in [0.29, 0.717) is 4.75 Å². The van der Waals surface area contributed by atoms with Gasteiger partial charge in [0, 0.05) is 17.5 Å². The molecule has 5 heteroatoms. The van der Waals surface area contributed by atoms with Crippen molar-refractivity contribution in [2.24, 2.45) is 0 Å². The van der Waals surface area contributed by atoms with Crippen LogP contribution in [-0.4, -0.2) is 32.1 Å². The van der Waals surface area contributed by atoms with Gasteiger partial charge in [-0.25, -0.2) is 4.52 Å². The summed E-state index contributed by atoms with van der Waals surface area (Å²) in [5, 5.41) is 7.83. The Kier molecular flexibility index (Phi) is 3.16. The lowest BCUT2D eigenvalue weighted by Gasteiger charge is -2.26. The number of anilines is 1. The number of hydrogen-bond acceptors (Lipinski definition) is 4. The van der Waals surface area contributed by atoms with Gasteiger partial charge in [0.1, 0.15) is 0 Å². The Morgan fingerprint density at radius 3 is 2.94 bits per heavy atom. The van der Waals surface area contributed by atoms with E-state index >= 15 is 0 Å². The molecule has 2 aromatic rings. The molecule has 0 aliphatic heterocycles. The summed E-state index contributed by atoms with van der Waals surface area (Å²) >= 11 is 1.98. The quantitative estimate of drug-likeness (QED) is 0.920. The van der Waals surface area contributed by atoms with Gasteiger partial charge in [0.15, 0.2) is 5.65 Å². The van der Waals surface area contributed by atoms with Gasteiger partial charge < -0.3 is 5.32 Å². The summed E-state index contributed by atoms with van der Waals surface area (Å²) < 4.78 is 2.19. The van der Waals surface area contributed by atoms with Crippen molar-refractivity contribution in [1.82, 2.24) is 14.6 Å². The van der Waals surface area contributed by atoms with Crippen LogP contribution in [0, 0.1) is 0 Å². The lowest BCUT2D eigenvalue weighted by Crippen LogP contribution is -2.30. The number of thioether (sulfide) groups is 1. The van der Waals surface area contributed by atoms with E-state index in [1.54, 1.807) is 0 Å². The van der Waals surface area contributed by atoms with Gasteiger partial charge in [0.2, 0.25) is 5.95 Å². The fourth-order valence-corrected chi connectivity index (χ4v) is 3.53. The number of nitrogens with zero attached hydrogens (tertiary/aromatic N) is 3. The van der Waals surface area contributed by atoms with Gasteiger partial charge in [0.25, 0.3) is 0 Å². The van der Waals surface area contributed by atoms with Crippen LogP contribution in [0.2, 0.25) is 0 Å². The Labute approximate surface area is 111 Å². The van der Waals surface area contributed by atoms with E-state index < -0.39 is 0 Å². The molecular formula is C13H18N4S. The molecule has 96 valence electrons. The molecule has 0 atom stereocenters. The lowest BCUT2D eigenvalue weighted by molar-refractivity contribution is 0.637. The van der Waals surface area contributed by atoms with Crippen LogP contribution >= 0.6 is 11.8 Å². The predicted molar refractivity (Wildman–Crippen MR) is 76.2 cm³/mol. The second kappa shape index (κ2) is 4.80. The summed E-state index contributed by atoms with van der Waals surface area (Å²) in [7, 11) is 0. The van der Waals surface area contributed by atoms with Crippen LogP contribution in [0.1, 0.15) is 25.7 Å². The molecule has 1 aliphatic rings. The van der Waals surface area contributed by atoms with Crippen LogP contribution < -0.4 is 5.32 Å². The smallest absolute Gasteiger partial charge is 0.243 e.